The maximum Gasteiger partial charge on any atom is 0.337 e. The predicted octanol–water partition coefficient (Wildman–Crippen LogP) is 1.29. The topological polar surface area (TPSA) is 92.4 Å². The summed E-state index contributed by atoms with van der Waals surface area (Å²) >= 11 is 0. The molecule has 0 radical (unpaired) electrons. The lowest BCUT2D eigenvalue weighted by Crippen LogP contribution is -2.14. The van der Waals surface area contributed by atoms with E-state index in [1.54, 1.807) is 6.92 Å². The van der Waals surface area contributed by atoms with Crippen molar-refractivity contribution >= 4 is 28.1 Å². The van der Waals surface area contributed by atoms with Gasteiger partial charge in [-0.15, -0.1) is 0 Å². The van der Waals surface area contributed by atoms with Crippen molar-refractivity contribution < 1.29 is 18.5 Å². The summed E-state index contributed by atoms with van der Waals surface area (Å²) in [4.78, 5) is 10.8. The Morgan fingerprint density at radius 3 is 2.78 bits per heavy atom. The Bertz CT molecular complexity index is 480. The van der Waals surface area contributed by atoms with E-state index < -0.39 is 22.6 Å². The number of carboxylic acids is 1. The first-order chi connectivity index (χ1) is 8.45. The van der Waals surface area contributed by atoms with Crippen LogP contribution in [-0.4, -0.2) is 33.3 Å². The normalized spacial score (nSPS) is 12.1. The molecule has 0 amide bonds. The van der Waals surface area contributed by atoms with Crippen LogP contribution in [0.5, 0.6) is 0 Å². The van der Waals surface area contributed by atoms with Crippen LogP contribution in [-0.2, 0) is 10.8 Å². The summed E-state index contributed by atoms with van der Waals surface area (Å²) in [5.41, 5.74) is 5.16. The molecule has 0 aliphatic rings. The molecule has 0 bridgehead atoms. The SMILES string of the molecule is CCS(=O)CCNc1cc(C(=O)O)c(N)cc1F. The van der Waals surface area contributed by atoms with Crippen LogP contribution in [0, 0.1) is 5.82 Å². The molecule has 5 nitrogen and oxygen atoms in total. The van der Waals surface area contributed by atoms with Gasteiger partial charge in [0.1, 0.15) is 5.82 Å². The summed E-state index contributed by atoms with van der Waals surface area (Å²) < 4.78 is 24.7. The number of carbonyl (C=O) groups is 1. The molecule has 1 atom stereocenters. The standard InChI is InChI=1S/C11H15FN2O3S/c1-2-18(17)4-3-14-10-5-7(11(15)16)9(13)6-8(10)12/h5-6,14H,2-4,13H2,1H3,(H,15,16). The number of hydrogen-bond donors (Lipinski definition) is 3. The predicted molar refractivity (Wildman–Crippen MR) is 69.8 cm³/mol. The number of aromatic carboxylic acids is 1. The van der Waals surface area contributed by atoms with Crippen LogP contribution in [0.25, 0.3) is 0 Å². The third kappa shape index (κ3) is 3.69. The first-order valence-electron chi connectivity index (χ1n) is 5.36. The largest absolute Gasteiger partial charge is 0.478 e. The second kappa shape index (κ2) is 6.34. The number of hydrogen-bond acceptors (Lipinski definition) is 4. The molecular formula is C11H15FN2O3S. The molecule has 0 heterocycles. The highest BCUT2D eigenvalue weighted by atomic mass is 32.2. The molecule has 0 aromatic heterocycles. The third-order valence-electron chi connectivity index (χ3n) is 2.34. The minimum Gasteiger partial charge on any atom is -0.478 e. The van der Waals surface area contributed by atoms with Crippen molar-refractivity contribution in [1.29, 1.82) is 0 Å². The van der Waals surface area contributed by atoms with Gasteiger partial charge in [0.2, 0.25) is 0 Å². The lowest BCUT2D eigenvalue weighted by molar-refractivity contribution is 0.0698. The van der Waals surface area contributed by atoms with Crippen molar-refractivity contribution in [2.24, 2.45) is 0 Å². The van der Waals surface area contributed by atoms with Crippen molar-refractivity contribution in [3.8, 4) is 0 Å². The summed E-state index contributed by atoms with van der Waals surface area (Å²) in [7, 11) is -0.952. The van der Waals surface area contributed by atoms with E-state index in [1.807, 2.05) is 0 Å². The van der Waals surface area contributed by atoms with Crippen LogP contribution in [0.2, 0.25) is 0 Å². The van der Waals surface area contributed by atoms with E-state index in [9.17, 15) is 13.4 Å². The number of nitrogens with two attached hydrogens (primary N) is 1. The number of halogens is 1. The quantitative estimate of drug-likeness (QED) is 0.680. The van der Waals surface area contributed by atoms with Gasteiger partial charge in [0.25, 0.3) is 0 Å². The highest BCUT2D eigenvalue weighted by molar-refractivity contribution is 7.84. The van der Waals surface area contributed by atoms with Gasteiger partial charge in [-0.3, -0.25) is 4.21 Å². The summed E-state index contributed by atoms with van der Waals surface area (Å²) in [5, 5.41) is 11.6. The molecule has 18 heavy (non-hydrogen) atoms. The maximum atomic E-state index is 13.5. The number of carboxylic acid groups (broad SMARTS) is 1. The van der Waals surface area contributed by atoms with E-state index in [4.69, 9.17) is 10.8 Å². The highest BCUT2D eigenvalue weighted by Crippen LogP contribution is 2.22. The average molecular weight is 274 g/mol. The Kier molecular flexibility index (Phi) is 5.08. The minimum atomic E-state index is -1.22. The summed E-state index contributed by atoms with van der Waals surface area (Å²) in [6.07, 6.45) is 0. The first kappa shape index (κ1) is 14.4. The Morgan fingerprint density at radius 1 is 1.56 bits per heavy atom. The van der Waals surface area contributed by atoms with Crippen LogP contribution in [0.3, 0.4) is 0 Å². The summed E-state index contributed by atoms with van der Waals surface area (Å²) in [6.45, 7) is 2.10. The van der Waals surface area contributed by atoms with Crippen molar-refractivity contribution in [1.82, 2.24) is 0 Å². The Hall–Kier alpha value is -1.63. The van der Waals surface area contributed by atoms with E-state index in [1.165, 1.54) is 0 Å². The van der Waals surface area contributed by atoms with Gasteiger partial charge in [-0.05, 0) is 12.1 Å². The van der Waals surface area contributed by atoms with Gasteiger partial charge in [-0.2, -0.15) is 0 Å². The smallest absolute Gasteiger partial charge is 0.337 e. The van der Waals surface area contributed by atoms with Crippen LogP contribution < -0.4 is 11.1 Å². The minimum absolute atomic E-state index is 0.0507. The fourth-order valence-electron chi connectivity index (χ4n) is 1.35. The average Bonchev–Trinajstić information content (AvgIpc) is 2.31. The zero-order chi connectivity index (χ0) is 13.7. The molecule has 0 aliphatic heterocycles. The van der Waals surface area contributed by atoms with Crippen molar-refractivity contribution in [3.05, 3.63) is 23.5 Å². The Balaban J connectivity index is 2.79. The first-order valence-corrected chi connectivity index (χ1v) is 6.85. The molecular weight excluding hydrogens is 259 g/mol. The monoisotopic (exact) mass is 274 g/mol. The Morgan fingerprint density at radius 2 is 2.22 bits per heavy atom. The number of benzene rings is 1. The van der Waals surface area contributed by atoms with E-state index in [0.29, 0.717) is 18.1 Å². The molecule has 100 valence electrons. The lowest BCUT2D eigenvalue weighted by atomic mass is 10.1. The second-order valence-electron chi connectivity index (χ2n) is 3.58. The third-order valence-corrected chi connectivity index (χ3v) is 3.64. The van der Waals surface area contributed by atoms with Crippen LogP contribution in [0.1, 0.15) is 17.3 Å². The molecule has 0 fully saturated rings. The van der Waals surface area contributed by atoms with Crippen LogP contribution >= 0.6 is 0 Å². The fraction of sp³-hybridized carbons (Fsp3) is 0.364. The molecule has 0 saturated heterocycles. The number of nitrogens with one attached hydrogen (secondary N) is 1. The Labute approximate surface area is 107 Å². The van der Waals surface area contributed by atoms with Crippen molar-refractivity contribution in [2.45, 2.75) is 6.92 Å². The molecule has 0 aliphatic carbocycles. The van der Waals surface area contributed by atoms with Crippen molar-refractivity contribution in [2.75, 3.05) is 29.1 Å². The summed E-state index contributed by atoms with van der Waals surface area (Å²) in [5.74, 6) is -0.929. The zero-order valence-electron chi connectivity index (χ0n) is 9.90. The second-order valence-corrected chi connectivity index (χ2v) is 5.45. The molecule has 1 unspecified atom stereocenters. The van der Waals surface area contributed by atoms with Gasteiger partial charge in [0.15, 0.2) is 0 Å². The molecule has 7 heteroatoms. The molecule has 0 spiro atoms. The highest BCUT2D eigenvalue weighted by Gasteiger charge is 2.13. The molecule has 0 saturated carbocycles. The molecule has 4 N–H and O–H groups in total. The van der Waals surface area contributed by atoms with Crippen LogP contribution in [0.4, 0.5) is 15.8 Å². The van der Waals surface area contributed by atoms with Crippen LogP contribution in [0.15, 0.2) is 12.1 Å². The van der Waals surface area contributed by atoms with Gasteiger partial charge in [-0.25, -0.2) is 9.18 Å². The van der Waals surface area contributed by atoms with E-state index in [2.05, 4.69) is 5.32 Å². The fourth-order valence-corrected chi connectivity index (χ4v) is 1.97. The van der Waals surface area contributed by atoms with E-state index in [0.717, 1.165) is 12.1 Å². The van der Waals surface area contributed by atoms with E-state index in [-0.39, 0.29) is 16.9 Å². The van der Waals surface area contributed by atoms with Gasteiger partial charge in [0, 0.05) is 34.5 Å². The number of rotatable bonds is 6. The zero-order valence-corrected chi connectivity index (χ0v) is 10.7. The molecule has 1 aromatic rings. The number of anilines is 2. The van der Waals surface area contributed by atoms with Crippen molar-refractivity contribution in [3.63, 3.8) is 0 Å². The van der Waals surface area contributed by atoms with Gasteiger partial charge >= 0.3 is 5.97 Å². The molecule has 1 aromatic carbocycles. The molecule has 1 rings (SSSR count). The maximum absolute atomic E-state index is 13.5. The van der Waals surface area contributed by atoms with E-state index >= 15 is 0 Å². The lowest BCUT2D eigenvalue weighted by Gasteiger charge is -2.09. The number of nitrogen functional groups attached to an aromatic ring is 1. The van der Waals surface area contributed by atoms with Gasteiger partial charge in [-0.1, -0.05) is 6.92 Å². The van der Waals surface area contributed by atoms with Gasteiger partial charge < -0.3 is 16.2 Å². The summed E-state index contributed by atoms with van der Waals surface area (Å²) in [6, 6.07) is 2.10. The van der Waals surface area contributed by atoms with Gasteiger partial charge in [0.05, 0.1) is 11.3 Å².